The fourth-order valence-electron chi connectivity index (χ4n) is 3.09. The highest BCUT2D eigenvalue weighted by Gasteiger charge is 2.24. The highest BCUT2D eigenvalue weighted by atomic mass is 127. The van der Waals surface area contributed by atoms with Crippen molar-refractivity contribution in [1.29, 1.82) is 0 Å². The molecular weight excluding hydrogens is 560 g/mol. The van der Waals surface area contributed by atoms with Crippen LogP contribution in [-0.4, -0.2) is 18.5 Å². The summed E-state index contributed by atoms with van der Waals surface area (Å²) in [4.78, 5) is 16.7. The number of halogens is 3. The number of rotatable bonds is 7. The highest BCUT2D eigenvalue weighted by molar-refractivity contribution is 14.1. The smallest absolute Gasteiger partial charge is 0.363 e. The number of benzene rings is 3. The highest BCUT2D eigenvalue weighted by Crippen LogP contribution is 2.38. The van der Waals surface area contributed by atoms with Gasteiger partial charge in [-0.15, -0.1) is 0 Å². The van der Waals surface area contributed by atoms with E-state index in [2.05, 4.69) is 27.6 Å². The van der Waals surface area contributed by atoms with E-state index in [0.29, 0.717) is 34.3 Å². The number of carbonyl (C=O) groups is 1. The molecule has 0 saturated carbocycles. The summed E-state index contributed by atoms with van der Waals surface area (Å²) in [7, 11) is 0. The molecule has 33 heavy (non-hydrogen) atoms. The molecule has 0 atom stereocenters. The van der Waals surface area contributed by atoms with Gasteiger partial charge in [0.05, 0.1) is 11.6 Å². The van der Waals surface area contributed by atoms with Crippen molar-refractivity contribution in [2.75, 3.05) is 6.61 Å². The van der Waals surface area contributed by atoms with E-state index >= 15 is 0 Å². The van der Waals surface area contributed by atoms with Crippen molar-refractivity contribution in [1.82, 2.24) is 0 Å². The Kier molecular flexibility index (Phi) is 7.29. The lowest BCUT2D eigenvalue weighted by Gasteiger charge is -2.14. The van der Waals surface area contributed by atoms with Gasteiger partial charge in [0.15, 0.2) is 17.2 Å². The van der Waals surface area contributed by atoms with E-state index in [-0.39, 0.29) is 24.0 Å². The first-order valence-electron chi connectivity index (χ1n) is 10.0. The van der Waals surface area contributed by atoms with Gasteiger partial charge in [-0.25, -0.2) is 14.2 Å². The van der Waals surface area contributed by atoms with Gasteiger partial charge in [-0.1, -0.05) is 23.7 Å². The quantitative estimate of drug-likeness (QED) is 0.185. The van der Waals surface area contributed by atoms with Gasteiger partial charge in [0.2, 0.25) is 5.90 Å². The van der Waals surface area contributed by atoms with Crippen molar-refractivity contribution >= 4 is 52.1 Å². The van der Waals surface area contributed by atoms with Gasteiger partial charge in [-0.2, -0.15) is 0 Å². The summed E-state index contributed by atoms with van der Waals surface area (Å²) in [6.07, 6.45) is 1.58. The van der Waals surface area contributed by atoms with Crippen LogP contribution in [0.2, 0.25) is 5.02 Å². The van der Waals surface area contributed by atoms with Crippen LogP contribution in [0.3, 0.4) is 0 Å². The zero-order chi connectivity index (χ0) is 23.4. The second-order valence-electron chi connectivity index (χ2n) is 7.02. The average molecular weight is 578 g/mol. The Balaban J connectivity index is 1.60. The second-order valence-corrected chi connectivity index (χ2v) is 8.67. The zero-order valence-electron chi connectivity index (χ0n) is 17.5. The van der Waals surface area contributed by atoms with E-state index in [1.807, 2.05) is 31.2 Å². The third kappa shape index (κ3) is 5.72. The Morgan fingerprint density at radius 2 is 1.82 bits per heavy atom. The van der Waals surface area contributed by atoms with Gasteiger partial charge in [0.1, 0.15) is 12.4 Å². The first-order chi connectivity index (χ1) is 15.9. The van der Waals surface area contributed by atoms with Gasteiger partial charge < -0.3 is 14.2 Å². The molecular formula is C25H18ClFINO4. The Hall–Kier alpha value is -2.91. The van der Waals surface area contributed by atoms with Crippen LogP contribution in [0.5, 0.6) is 11.5 Å². The molecule has 0 fully saturated rings. The van der Waals surface area contributed by atoms with Crippen LogP contribution in [0.25, 0.3) is 6.08 Å². The molecule has 168 valence electrons. The first kappa shape index (κ1) is 23.3. The molecule has 3 aromatic carbocycles. The number of aliphatic imine (C=N–C) groups is 1. The molecule has 0 unspecified atom stereocenters. The van der Waals surface area contributed by atoms with Gasteiger partial charge in [-0.05, 0) is 95.2 Å². The molecule has 0 amide bonds. The molecule has 3 aromatic rings. The third-order valence-electron chi connectivity index (χ3n) is 4.64. The van der Waals surface area contributed by atoms with Crippen LogP contribution in [0.1, 0.15) is 23.6 Å². The van der Waals surface area contributed by atoms with Gasteiger partial charge in [0.25, 0.3) is 0 Å². The maximum atomic E-state index is 13.1. The van der Waals surface area contributed by atoms with E-state index in [1.165, 1.54) is 12.1 Å². The number of cyclic esters (lactones) is 1. The summed E-state index contributed by atoms with van der Waals surface area (Å²) in [5, 5.41) is 0.308. The molecule has 0 spiro atoms. The van der Waals surface area contributed by atoms with Crippen molar-refractivity contribution in [2.45, 2.75) is 13.5 Å². The number of ether oxygens (including phenoxy) is 3. The van der Waals surface area contributed by atoms with Crippen LogP contribution in [0.15, 0.2) is 71.4 Å². The Bertz CT molecular complexity index is 1240. The molecule has 0 radical (unpaired) electrons. The lowest BCUT2D eigenvalue weighted by Crippen LogP contribution is -2.05. The van der Waals surface area contributed by atoms with E-state index in [4.69, 9.17) is 25.8 Å². The summed E-state index contributed by atoms with van der Waals surface area (Å²) in [5.41, 5.74) is 2.26. The Morgan fingerprint density at radius 3 is 2.52 bits per heavy atom. The Morgan fingerprint density at radius 1 is 1.09 bits per heavy atom. The van der Waals surface area contributed by atoms with E-state index < -0.39 is 5.97 Å². The molecule has 8 heteroatoms. The first-order valence-corrected chi connectivity index (χ1v) is 11.5. The Labute approximate surface area is 209 Å². The summed E-state index contributed by atoms with van der Waals surface area (Å²) in [6, 6.07) is 16.9. The molecule has 0 aliphatic carbocycles. The summed E-state index contributed by atoms with van der Waals surface area (Å²) in [5.74, 6) is 0.170. The second kappa shape index (κ2) is 10.4. The molecule has 5 nitrogen and oxygen atoms in total. The van der Waals surface area contributed by atoms with Crippen molar-refractivity contribution in [3.05, 3.63) is 97.5 Å². The van der Waals surface area contributed by atoms with Gasteiger partial charge in [-0.3, -0.25) is 0 Å². The molecule has 1 aliphatic rings. The monoisotopic (exact) mass is 577 g/mol. The largest absolute Gasteiger partial charge is 0.490 e. The van der Waals surface area contributed by atoms with Crippen molar-refractivity contribution in [3.8, 4) is 11.5 Å². The average Bonchev–Trinajstić information content (AvgIpc) is 3.15. The molecule has 0 saturated heterocycles. The maximum Gasteiger partial charge on any atom is 0.363 e. The number of nitrogens with zero attached hydrogens (tertiary/aromatic N) is 1. The fraction of sp³-hybridized carbons (Fsp3) is 0.120. The standard InChI is InChI=1S/C25H18ClFINO4/c1-2-31-22-13-16(11-20(26)23(22)32-14-15-3-7-18(27)8-4-15)12-21-25(30)33-24(29-21)17-5-9-19(28)10-6-17/h3-13H,2,14H2,1H3/b21-12-. The lowest BCUT2D eigenvalue weighted by atomic mass is 10.1. The number of esters is 1. The summed E-state index contributed by atoms with van der Waals surface area (Å²) >= 11 is 8.68. The minimum absolute atomic E-state index is 0.155. The number of hydrogen-bond donors (Lipinski definition) is 0. The van der Waals surface area contributed by atoms with Crippen molar-refractivity contribution in [2.24, 2.45) is 4.99 Å². The molecule has 0 N–H and O–H groups in total. The molecule has 1 aliphatic heterocycles. The minimum atomic E-state index is -0.547. The van der Waals surface area contributed by atoms with E-state index in [0.717, 1.165) is 9.13 Å². The molecule has 1 heterocycles. The summed E-state index contributed by atoms with van der Waals surface area (Å²) in [6.45, 7) is 2.42. The SMILES string of the molecule is CCOc1cc(/C=C2\N=C(c3ccc(I)cc3)OC2=O)cc(Cl)c1OCc1ccc(F)cc1. The molecule has 0 bridgehead atoms. The van der Waals surface area contributed by atoms with E-state index in [9.17, 15) is 9.18 Å². The van der Waals surface area contributed by atoms with E-state index in [1.54, 1.807) is 30.3 Å². The van der Waals surface area contributed by atoms with Crippen LogP contribution in [-0.2, 0) is 16.1 Å². The van der Waals surface area contributed by atoms with Gasteiger partial charge in [0, 0.05) is 9.13 Å². The van der Waals surface area contributed by atoms with Crippen molar-refractivity contribution in [3.63, 3.8) is 0 Å². The van der Waals surface area contributed by atoms with Crippen LogP contribution < -0.4 is 9.47 Å². The molecule has 4 rings (SSSR count). The van der Waals surface area contributed by atoms with Gasteiger partial charge >= 0.3 is 5.97 Å². The minimum Gasteiger partial charge on any atom is -0.490 e. The third-order valence-corrected chi connectivity index (χ3v) is 5.64. The van der Waals surface area contributed by atoms with Crippen LogP contribution in [0.4, 0.5) is 4.39 Å². The normalized spacial score (nSPS) is 14.2. The topological polar surface area (TPSA) is 57.1 Å². The number of hydrogen-bond acceptors (Lipinski definition) is 5. The summed E-state index contributed by atoms with van der Waals surface area (Å²) < 4.78 is 31.1. The van der Waals surface area contributed by atoms with Crippen LogP contribution in [0, 0.1) is 9.39 Å². The van der Waals surface area contributed by atoms with Crippen LogP contribution >= 0.6 is 34.2 Å². The fourth-order valence-corrected chi connectivity index (χ4v) is 3.73. The zero-order valence-corrected chi connectivity index (χ0v) is 20.4. The van der Waals surface area contributed by atoms with Crippen molar-refractivity contribution < 1.29 is 23.4 Å². The predicted octanol–water partition coefficient (Wildman–Crippen LogP) is 6.41. The maximum absolute atomic E-state index is 13.1. The number of carbonyl (C=O) groups excluding carboxylic acids is 1. The molecule has 0 aromatic heterocycles. The lowest BCUT2D eigenvalue weighted by molar-refractivity contribution is -0.129. The predicted molar refractivity (Wildman–Crippen MR) is 133 cm³/mol.